The second kappa shape index (κ2) is 8.27. The first-order chi connectivity index (χ1) is 11.3. The first-order valence-corrected chi connectivity index (χ1v) is 9.21. The summed E-state index contributed by atoms with van der Waals surface area (Å²) in [7, 11) is 0. The molecule has 0 bridgehead atoms. The maximum Gasteiger partial charge on any atom is 0.256 e. The van der Waals surface area contributed by atoms with Crippen LogP contribution in [-0.4, -0.2) is 39.9 Å². The molecule has 2 heterocycles. The number of likely N-dealkylation sites (tertiary alicyclic amines) is 1. The number of aromatic nitrogens is 2. The molecule has 126 valence electrons. The Balaban J connectivity index is 1.58. The van der Waals surface area contributed by atoms with Crippen LogP contribution < -0.4 is 5.32 Å². The Hall–Kier alpha value is -1.65. The molecule has 1 aliphatic carbocycles. The van der Waals surface area contributed by atoms with Crippen LogP contribution in [-0.2, 0) is 0 Å². The van der Waals surface area contributed by atoms with E-state index >= 15 is 0 Å². The molecule has 0 aromatic carbocycles. The highest BCUT2D eigenvalue weighted by Crippen LogP contribution is 2.20. The lowest BCUT2D eigenvalue weighted by Gasteiger charge is -2.20. The Bertz CT molecular complexity index is 486. The number of hydrogen-bond acceptors (Lipinski definition) is 4. The smallest absolute Gasteiger partial charge is 0.256 e. The van der Waals surface area contributed by atoms with Gasteiger partial charge in [-0.2, -0.15) is 0 Å². The Kier molecular flexibility index (Phi) is 5.83. The molecular weight excluding hydrogens is 288 g/mol. The largest absolute Gasteiger partial charge is 0.351 e. The van der Waals surface area contributed by atoms with Crippen LogP contribution in [0.15, 0.2) is 12.4 Å². The van der Waals surface area contributed by atoms with Gasteiger partial charge in [-0.25, -0.2) is 9.97 Å². The van der Waals surface area contributed by atoms with Gasteiger partial charge in [-0.3, -0.25) is 4.79 Å². The van der Waals surface area contributed by atoms with Gasteiger partial charge in [0.05, 0.1) is 5.56 Å². The molecule has 1 amide bonds. The molecule has 2 aliphatic rings. The molecule has 0 spiro atoms. The lowest BCUT2D eigenvalue weighted by atomic mass is 10.1. The topological polar surface area (TPSA) is 58.1 Å². The first-order valence-electron chi connectivity index (χ1n) is 9.21. The summed E-state index contributed by atoms with van der Waals surface area (Å²) in [6, 6.07) is 0.477. The Morgan fingerprint density at radius 3 is 2.09 bits per heavy atom. The van der Waals surface area contributed by atoms with Gasteiger partial charge in [0, 0.05) is 31.5 Å². The average molecular weight is 316 g/mol. The van der Waals surface area contributed by atoms with Crippen molar-refractivity contribution >= 4 is 11.9 Å². The van der Waals surface area contributed by atoms with E-state index in [1.165, 1.54) is 51.4 Å². The van der Waals surface area contributed by atoms with Crippen molar-refractivity contribution in [3.05, 3.63) is 18.0 Å². The summed E-state index contributed by atoms with van der Waals surface area (Å²) < 4.78 is 0. The zero-order chi connectivity index (χ0) is 15.9. The van der Waals surface area contributed by atoms with Crippen LogP contribution in [0.4, 0.5) is 5.95 Å². The van der Waals surface area contributed by atoms with E-state index in [1.807, 2.05) is 4.90 Å². The number of carbonyl (C=O) groups excluding carboxylic acids is 1. The summed E-state index contributed by atoms with van der Waals surface area (Å²) >= 11 is 0. The highest BCUT2D eigenvalue weighted by Gasteiger charge is 2.18. The van der Waals surface area contributed by atoms with Crippen LogP contribution >= 0.6 is 0 Å². The van der Waals surface area contributed by atoms with Gasteiger partial charge >= 0.3 is 0 Å². The maximum atomic E-state index is 12.5. The van der Waals surface area contributed by atoms with E-state index in [-0.39, 0.29) is 5.91 Å². The van der Waals surface area contributed by atoms with Gasteiger partial charge in [-0.05, 0) is 25.7 Å². The fourth-order valence-corrected chi connectivity index (χ4v) is 3.58. The number of nitrogens with zero attached hydrogens (tertiary/aromatic N) is 3. The number of rotatable bonds is 3. The van der Waals surface area contributed by atoms with E-state index in [0.717, 1.165) is 25.9 Å². The van der Waals surface area contributed by atoms with Crippen LogP contribution in [0.3, 0.4) is 0 Å². The van der Waals surface area contributed by atoms with Crippen molar-refractivity contribution in [3.8, 4) is 0 Å². The zero-order valence-electron chi connectivity index (χ0n) is 14.0. The van der Waals surface area contributed by atoms with Gasteiger partial charge in [0.2, 0.25) is 5.95 Å². The lowest BCUT2D eigenvalue weighted by Crippen LogP contribution is -2.32. The number of anilines is 1. The minimum absolute atomic E-state index is 0.0768. The van der Waals surface area contributed by atoms with Gasteiger partial charge in [0.15, 0.2) is 0 Å². The van der Waals surface area contributed by atoms with Gasteiger partial charge in [-0.15, -0.1) is 0 Å². The number of nitrogens with one attached hydrogen (secondary N) is 1. The van der Waals surface area contributed by atoms with Gasteiger partial charge in [0.25, 0.3) is 5.91 Å². The van der Waals surface area contributed by atoms with E-state index in [4.69, 9.17) is 0 Å². The lowest BCUT2D eigenvalue weighted by molar-refractivity contribution is 0.0761. The van der Waals surface area contributed by atoms with E-state index in [2.05, 4.69) is 15.3 Å². The van der Waals surface area contributed by atoms with Crippen LogP contribution in [0.5, 0.6) is 0 Å². The fourth-order valence-electron chi connectivity index (χ4n) is 3.58. The van der Waals surface area contributed by atoms with Crippen molar-refractivity contribution in [2.75, 3.05) is 18.4 Å². The molecule has 1 aromatic rings. The summed E-state index contributed by atoms with van der Waals surface area (Å²) in [5.41, 5.74) is 0.610. The third kappa shape index (κ3) is 4.66. The molecule has 5 nitrogen and oxygen atoms in total. The Labute approximate surface area is 138 Å². The van der Waals surface area contributed by atoms with Crippen molar-refractivity contribution in [2.24, 2.45) is 0 Å². The number of amides is 1. The van der Waals surface area contributed by atoms with E-state index in [1.54, 1.807) is 12.4 Å². The molecule has 0 atom stereocenters. The molecular formula is C18H28N4O. The van der Waals surface area contributed by atoms with Crippen molar-refractivity contribution in [3.63, 3.8) is 0 Å². The third-order valence-corrected chi connectivity index (χ3v) is 4.98. The average Bonchev–Trinajstić information content (AvgIpc) is 3.00. The SMILES string of the molecule is O=C(c1cnc(NC2CCCCCC2)nc1)N1CCCCCC1. The summed E-state index contributed by atoms with van der Waals surface area (Å²) in [6.07, 6.45) is 15.6. The summed E-state index contributed by atoms with van der Waals surface area (Å²) in [5.74, 6) is 0.734. The molecule has 1 N–H and O–H groups in total. The summed E-state index contributed by atoms with van der Waals surface area (Å²) in [5, 5.41) is 3.43. The normalized spacial score (nSPS) is 20.6. The number of carbonyl (C=O) groups is 1. The van der Waals surface area contributed by atoms with Gasteiger partial charge in [0.1, 0.15) is 0 Å². The molecule has 0 unspecified atom stereocenters. The molecule has 2 fully saturated rings. The van der Waals surface area contributed by atoms with Crippen molar-refractivity contribution < 1.29 is 4.79 Å². The highest BCUT2D eigenvalue weighted by molar-refractivity contribution is 5.93. The molecule has 0 radical (unpaired) electrons. The van der Waals surface area contributed by atoms with Crippen LogP contribution in [0.1, 0.15) is 74.6 Å². The summed E-state index contributed by atoms with van der Waals surface area (Å²) in [4.78, 5) is 23.2. The molecule has 1 aromatic heterocycles. The second-order valence-corrected chi connectivity index (χ2v) is 6.83. The fraction of sp³-hybridized carbons (Fsp3) is 0.722. The molecule has 23 heavy (non-hydrogen) atoms. The monoisotopic (exact) mass is 316 g/mol. The Morgan fingerprint density at radius 1 is 0.913 bits per heavy atom. The Morgan fingerprint density at radius 2 is 1.48 bits per heavy atom. The zero-order valence-corrected chi connectivity index (χ0v) is 14.0. The molecule has 3 rings (SSSR count). The first kappa shape index (κ1) is 16.2. The molecule has 1 saturated carbocycles. The van der Waals surface area contributed by atoms with Crippen LogP contribution in [0, 0.1) is 0 Å². The predicted octanol–water partition coefficient (Wildman–Crippen LogP) is 3.63. The predicted molar refractivity (Wildman–Crippen MR) is 91.5 cm³/mol. The summed E-state index contributed by atoms with van der Waals surface area (Å²) in [6.45, 7) is 1.72. The van der Waals surface area contributed by atoms with Crippen LogP contribution in [0.25, 0.3) is 0 Å². The quantitative estimate of drug-likeness (QED) is 0.865. The van der Waals surface area contributed by atoms with Crippen molar-refractivity contribution in [1.29, 1.82) is 0 Å². The second-order valence-electron chi connectivity index (χ2n) is 6.83. The minimum atomic E-state index is 0.0768. The molecule has 5 heteroatoms. The van der Waals surface area contributed by atoms with E-state index < -0.39 is 0 Å². The maximum absolute atomic E-state index is 12.5. The van der Waals surface area contributed by atoms with Crippen LogP contribution in [0.2, 0.25) is 0 Å². The third-order valence-electron chi connectivity index (χ3n) is 4.98. The highest BCUT2D eigenvalue weighted by atomic mass is 16.2. The van der Waals surface area contributed by atoms with Gasteiger partial charge < -0.3 is 10.2 Å². The molecule has 1 saturated heterocycles. The molecule has 1 aliphatic heterocycles. The van der Waals surface area contributed by atoms with E-state index in [9.17, 15) is 4.79 Å². The standard InChI is InChI=1S/C18H28N4O/c23-17(22-11-7-3-4-8-12-22)15-13-19-18(20-14-15)21-16-9-5-1-2-6-10-16/h13-14,16H,1-12H2,(H,19,20,21). The minimum Gasteiger partial charge on any atom is -0.351 e. The van der Waals surface area contributed by atoms with E-state index in [0.29, 0.717) is 17.6 Å². The van der Waals surface area contributed by atoms with Crippen molar-refractivity contribution in [1.82, 2.24) is 14.9 Å². The number of hydrogen-bond donors (Lipinski definition) is 1. The van der Waals surface area contributed by atoms with Gasteiger partial charge in [-0.1, -0.05) is 38.5 Å². The van der Waals surface area contributed by atoms with Crippen molar-refractivity contribution in [2.45, 2.75) is 70.3 Å².